The first-order chi connectivity index (χ1) is 5.83. The lowest BCUT2D eigenvalue weighted by Gasteiger charge is -2.27. The second-order valence-corrected chi connectivity index (χ2v) is 9.38. The molecule has 78 valence electrons. The minimum Gasteiger partial charge on any atom is -0.390 e. The maximum atomic E-state index is 6.12. The lowest BCUT2D eigenvalue weighted by Crippen LogP contribution is -2.37. The fraction of sp³-hybridized carbons (Fsp3) is 1.00. The number of ether oxygens (including phenoxy) is 1. The van der Waals surface area contributed by atoms with Crippen LogP contribution in [0.1, 0.15) is 20.8 Å². The molecule has 0 amide bonds. The van der Waals surface area contributed by atoms with Crippen LogP contribution in [-0.4, -0.2) is 20.7 Å². The summed E-state index contributed by atoms with van der Waals surface area (Å²) in [6, 6.07) is 0. The highest BCUT2D eigenvalue weighted by Crippen LogP contribution is 2.54. The second-order valence-electron chi connectivity index (χ2n) is 4.95. The summed E-state index contributed by atoms with van der Waals surface area (Å²) in [6.07, 6.45) is 0. The molecule has 13 heavy (non-hydrogen) atoms. The Morgan fingerprint density at radius 1 is 1.15 bits per heavy atom. The molecular weight excluding hydrogens is 180 g/mol. The normalized spacial score (nSPS) is 39.2. The van der Waals surface area contributed by atoms with Crippen LogP contribution < -0.4 is 0 Å². The minimum absolute atomic E-state index is 0.237. The molecule has 0 radical (unpaired) electrons. The van der Waals surface area contributed by atoms with E-state index in [1.54, 1.807) is 0 Å². The molecule has 0 heterocycles. The lowest BCUT2D eigenvalue weighted by molar-refractivity contribution is -0.125. The van der Waals surface area contributed by atoms with Gasteiger partial charge in [0.15, 0.2) is 14.1 Å². The van der Waals surface area contributed by atoms with Gasteiger partial charge in [0.25, 0.3) is 0 Å². The Hall–Kier alpha value is 0.137. The molecule has 0 bridgehead atoms. The van der Waals surface area contributed by atoms with Gasteiger partial charge in [-0.25, -0.2) is 0 Å². The third-order valence-electron chi connectivity index (χ3n) is 2.75. The highest BCUT2D eigenvalue weighted by atomic mass is 28.4. The van der Waals surface area contributed by atoms with E-state index >= 15 is 0 Å². The van der Waals surface area contributed by atoms with Gasteiger partial charge in [-0.1, -0.05) is 13.8 Å². The molecule has 0 spiro atoms. The van der Waals surface area contributed by atoms with Crippen LogP contribution in [0, 0.1) is 11.8 Å². The third-order valence-corrected chi connectivity index (χ3v) is 3.68. The van der Waals surface area contributed by atoms with Crippen molar-refractivity contribution in [2.24, 2.45) is 11.8 Å². The van der Waals surface area contributed by atoms with Crippen LogP contribution in [0.3, 0.4) is 0 Å². The van der Waals surface area contributed by atoms with Gasteiger partial charge in [-0.05, 0) is 26.6 Å². The van der Waals surface area contributed by atoms with Gasteiger partial charge in [-0.2, -0.15) is 0 Å². The van der Waals surface area contributed by atoms with E-state index in [1.165, 1.54) is 0 Å². The van der Waals surface area contributed by atoms with Gasteiger partial charge in [0, 0.05) is 18.4 Å². The SMILES string of the molecule is CCOC1(O[Si](C)(C)C)C(C)C1C. The molecule has 0 N–H and O–H groups in total. The standard InChI is InChI=1S/C10H22O2Si/c1-7-11-10(8(2)9(10)3)12-13(4,5)6/h8-9H,7H2,1-6H3. The zero-order valence-corrected chi connectivity index (χ0v) is 10.7. The zero-order valence-electron chi connectivity index (χ0n) is 9.68. The fourth-order valence-electron chi connectivity index (χ4n) is 1.88. The minimum atomic E-state index is -1.48. The molecule has 0 aliphatic heterocycles. The summed E-state index contributed by atoms with van der Waals surface area (Å²) in [5.74, 6) is 0.873. The van der Waals surface area contributed by atoms with Crippen molar-refractivity contribution < 1.29 is 9.16 Å². The molecule has 1 rings (SSSR count). The fourth-order valence-corrected chi connectivity index (χ4v) is 3.27. The van der Waals surface area contributed by atoms with Gasteiger partial charge < -0.3 is 9.16 Å². The van der Waals surface area contributed by atoms with Crippen LogP contribution in [0.5, 0.6) is 0 Å². The molecule has 0 saturated heterocycles. The first-order valence-corrected chi connectivity index (χ1v) is 8.58. The van der Waals surface area contributed by atoms with Crippen molar-refractivity contribution in [3.8, 4) is 0 Å². The Morgan fingerprint density at radius 2 is 1.62 bits per heavy atom. The average Bonchev–Trinajstić information content (AvgIpc) is 2.39. The lowest BCUT2D eigenvalue weighted by atomic mass is 10.4. The van der Waals surface area contributed by atoms with Gasteiger partial charge in [0.05, 0.1) is 0 Å². The molecule has 3 heteroatoms. The van der Waals surface area contributed by atoms with Crippen LogP contribution in [-0.2, 0) is 9.16 Å². The van der Waals surface area contributed by atoms with Gasteiger partial charge in [-0.3, -0.25) is 0 Å². The summed E-state index contributed by atoms with van der Waals surface area (Å²) in [7, 11) is -1.48. The smallest absolute Gasteiger partial charge is 0.187 e. The van der Waals surface area contributed by atoms with Crippen molar-refractivity contribution in [2.75, 3.05) is 6.61 Å². The molecule has 1 aliphatic rings. The Balaban J connectivity index is 2.62. The van der Waals surface area contributed by atoms with E-state index in [4.69, 9.17) is 9.16 Å². The Kier molecular flexibility index (Phi) is 2.91. The van der Waals surface area contributed by atoms with Crippen molar-refractivity contribution in [3.05, 3.63) is 0 Å². The van der Waals surface area contributed by atoms with Crippen LogP contribution in [0.2, 0.25) is 19.6 Å². The summed E-state index contributed by atoms with van der Waals surface area (Å²) in [6.45, 7) is 13.8. The van der Waals surface area contributed by atoms with Crippen molar-refractivity contribution in [1.29, 1.82) is 0 Å². The first-order valence-electron chi connectivity index (χ1n) is 5.17. The van der Waals surface area contributed by atoms with E-state index in [-0.39, 0.29) is 5.79 Å². The molecule has 1 fully saturated rings. The van der Waals surface area contributed by atoms with Crippen molar-refractivity contribution in [2.45, 2.75) is 46.2 Å². The molecular formula is C10H22O2Si. The van der Waals surface area contributed by atoms with E-state index in [1.807, 2.05) is 6.92 Å². The third kappa shape index (κ3) is 2.14. The van der Waals surface area contributed by atoms with Crippen LogP contribution >= 0.6 is 0 Å². The monoisotopic (exact) mass is 202 g/mol. The van der Waals surface area contributed by atoms with Gasteiger partial charge in [-0.15, -0.1) is 0 Å². The molecule has 2 atom stereocenters. The van der Waals surface area contributed by atoms with E-state index in [0.717, 1.165) is 6.61 Å². The number of hydrogen-bond donors (Lipinski definition) is 0. The summed E-state index contributed by atoms with van der Waals surface area (Å²) in [5, 5.41) is 0. The Morgan fingerprint density at radius 3 is 1.85 bits per heavy atom. The van der Waals surface area contributed by atoms with E-state index in [0.29, 0.717) is 11.8 Å². The first kappa shape index (κ1) is 11.2. The van der Waals surface area contributed by atoms with Crippen LogP contribution in [0.4, 0.5) is 0 Å². The van der Waals surface area contributed by atoms with E-state index in [2.05, 4.69) is 33.5 Å². The molecule has 1 saturated carbocycles. The molecule has 0 aromatic rings. The number of rotatable bonds is 4. The Bertz CT molecular complexity index is 178. The average molecular weight is 202 g/mol. The zero-order chi connectivity index (χ0) is 10.3. The summed E-state index contributed by atoms with van der Waals surface area (Å²) >= 11 is 0. The molecule has 1 aliphatic carbocycles. The summed E-state index contributed by atoms with van der Waals surface area (Å²) in [5.41, 5.74) is 0. The van der Waals surface area contributed by atoms with Crippen LogP contribution in [0.15, 0.2) is 0 Å². The molecule has 0 aromatic carbocycles. The number of hydrogen-bond acceptors (Lipinski definition) is 2. The largest absolute Gasteiger partial charge is 0.390 e. The van der Waals surface area contributed by atoms with Crippen molar-refractivity contribution in [3.63, 3.8) is 0 Å². The van der Waals surface area contributed by atoms with Gasteiger partial charge >= 0.3 is 0 Å². The predicted molar refractivity (Wildman–Crippen MR) is 57.1 cm³/mol. The predicted octanol–water partition coefficient (Wildman–Crippen LogP) is 2.86. The quantitative estimate of drug-likeness (QED) is 0.515. The summed E-state index contributed by atoms with van der Waals surface area (Å²) in [4.78, 5) is 0. The Labute approximate surface area is 82.7 Å². The molecule has 0 aromatic heterocycles. The van der Waals surface area contributed by atoms with Gasteiger partial charge in [0.1, 0.15) is 0 Å². The summed E-state index contributed by atoms with van der Waals surface area (Å²) < 4.78 is 11.9. The van der Waals surface area contributed by atoms with Crippen molar-refractivity contribution in [1.82, 2.24) is 0 Å². The second kappa shape index (κ2) is 3.37. The van der Waals surface area contributed by atoms with Crippen LogP contribution in [0.25, 0.3) is 0 Å². The maximum Gasteiger partial charge on any atom is 0.187 e. The maximum absolute atomic E-state index is 6.12. The van der Waals surface area contributed by atoms with Gasteiger partial charge in [0.2, 0.25) is 0 Å². The molecule has 2 unspecified atom stereocenters. The highest BCUT2D eigenvalue weighted by Gasteiger charge is 2.63. The van der Waals surface area contributed by atoms with E-state index in [9.17, 15) is 0 Å². The van der Waals surface area contributed by atoms with E-state index < -0.39 is 8.32 Å². The topological polar surface area (TPSA) is 18.5 Å². The molecule has 2 nitrogen and oxygen atoms in total. The highest BCUT2D eigenvalue weighted by molar-refractivity contribution is 6.69. The van der Waals surface area contributed by atoms with Crippen molar-refractivity contribution >= 4 is 8.32 Å².